The molecule has 49 heavy (non-hydrogen) atoms. The summed E-state index contributed by atoms with van der Waals surface area (Å²) in [4.78, 5) is 39.2. The number of pyridine rings is 1. The molecule has 2 heterocycles. The van der Waals surface area contributed by atoms with Crippen LogP contribution >= 0.6 is 0 Å². The SMILES string of the molecule is C#Cc1cc(-c2c(C)cc(F)cc2C)cc([C@H](CC(=O)O)NC(=O)[C@@H](CC(C)C)n2cc(CCn3cccn3)c(C(F)(F)F)cc2=O)c1F. The van der Waals surface area contributed by atoms with E-state index in [9.17, 15) is 37.1 Å². The Balaban J connectivity index is 1.82. The van der Waals surface area contributed by atoms with Crippen LogP contribution in [-0.4, -0.2) is 31.3 Å². The molecule has 2 atom stereocenters. The number of alkyl halides is 3. The molecule has 8 nitrogen and oxygen atoms in total. The number of carbonyl (C=O) groups excluding carboxylic acids is 1. The molecule has 0 fully saturated rings. The molecule has 0 unspecified atom stereocenters. The van der Waals surface area contributed by atoms with Gasteiger partial charge in [0.15, 0.2) is 0 Å². The zero-order valence-corrected chi connectivity index (χ0v) is 27.2. The zero-order valence-electron chi connectivity index (χ0n) is 27.2. The van der Waals surface area contributed by atoms with Gasteiger partial charge in [-0.25, -0.2) is 8.78 Å². The van der Waals surface area contributed by atoms with Gasteiger partial charge in [-0.1, -0.05) is 19.8 Å². The largest absolute Gasteiger partial charge is 0.481 e. The van der Waals surface area contributed by atoms with Crippen molar-refractivity contribution < 1.29 is 36.6 Å². The highest BCUT2D eigenvalue weighted by Gasteiger charge is 2.36. The number of carboxylic acid groups (broad SMARTS) is 1. The number of hydrogen-bond acceptors (Lipinski definition) is 4. The van der Waals surface area contributed by atoms with Crippen molar-refractivity contribution in [2.45, 2.75) is 71.8 Å². The number of amides is 1. The minimum Gasteiger partial charge on any atom is -0.481 e. The quantitative estimate of drug-likeness (QED) is 0.127. The number of terminal acetylenes is 1. The molecule has 0 saturated heterocycles. The second-order valence-electron chi connectivity index (χ2n) is 12.3. The Morgan fingerprint density at radius 3 is 2.31 bits per heavy atom. The van der Waals surface area contributed by atoms with E-state index in [4.69, 9.17) is 6.42 Å². The predicted octanol–water partition coefficient (Wildman–Crippen LogP) is 6.77. The first-order valence-corrected chi connectivity index (χ1v) is 15.4. The van der Waals surface area contributed by atoms with Gasteiger partial charge in [-0.05, 0) is 90.8 Å². The van der Waals surface area contributed by atoms with Gasteiger partial charge in [0.1, 0.15) is 17.7 Å². The number of benzene rings is 2. The molecule has 4 rings (SSSR count). The van der Waals surface area contributed by atoms with Gasteiger partial charge in [0, 0.05) is 36.8 Å². The summed E-state index contributed by atoms with van der Waals surface area (Å²) in [5.41, 5.74) is -1.14. The fraction of sp³-hybridized carbons (Fsp3) is 0.333. The molecule has 13 heteroatoms. The lowest BCUT2D eigenvalue weighted by molar-refractivity contribution is -0.139. The first-order chi connectivity index (χ1) is 23.0. The van der Waals surface area contributed by atoms with Crippen molar-refractivity contribution in [2.24, 2.45) is 5.92 Å². The minimum atomic E-state index is -4.86. The Bertz CT molecular complexity index is 1940. The summed E-state index contributed by atoms with van der Waals surface area (Å²) in [6.45, 7) is 6.80. The Hall–Kier alpha value is -5.25. The lowest BCUT2D eigenvalue weighted by Gasteiger charge is -2.27. The molecule has 0 spiro atoms. The smallest absolute Gasteiger partial charge is 0.416 e. The van der Waals surface area contributed by atoms with Gasteiger partial charge in [-0.2, -0.15) is 18.3 Å². The third kappa shape index (κ3) is 8.62. The molecule has 4 aromatic rings. The van der Waals surface area contributed by atoms with Crippen LogP contribution in [0, 0.1) is 43.7 Å². The number of aryl methyl sites for hydroxylation is 4. The lowest BCUT2D eigenvalue weighted by Crippen LogP contribution is -2.41. The monoisotopic (exact) mass is 682 g/mol. The highest BCUT2D eigenvalue weighted by Crippen LogP contribution is 2.35. The Morgan fingerprint density at radius 1 is 1.08 bits per heavy atom. The maximum Gasteiger partial charge on any atom is 0.416 e. The molecule has 0 aliphatic carbocycles. The van der Waals surface area contributed by atoms with Crippen LogP contribution in [0.3, 0.4) is 0 Å². The van der Waals surface area contributed by atoms with Gasteiger partial charge in [-0.3, -0.25) is 19.1 Å². The predicted molar refractivity (Wildman–Crippen MR) is 172 cm³/mol. The van der Waals surface area contributed by atoms with Crippen LogP contribution < -0.4 is 10.9 Å². The summed E-state index contributed by atoms with van der Waals surface area (Å²) < 4.78 is 74.4. The van der Waals surface area contributed by atoms with Crippen LogP contribution in [0.1, 0.15) is 72.2 Å². The molecule has 258 valence electrons. The molecule has 0 bridgehead atoms. The van der Waals surface area contributed by atoms with Crippen LogP contribution in [0.2, 0.25) is 0 Å². The number of rotatable bonds is 12. The fourth-order valence-electron chi connectivity index (χ4n) is 5.96. The average molecular weight is 683 g/mol. The maximum atomic E-state index is 15.9. The highest BCUT2D eigenvalue weighted by atomic mass is 19.4. The third-order valence-electron chi connectivity index (χ3n) is 8.08. The molecule has 0 aliphatic heterocycles. The summed E-state index contributed by atoms with van der Waals surface area (Å²) in [7, 11) is 0. The third-order valence-corrected chi connectivity index (χ3v) is 8.08. The molecule has 1 amide bonds. The van der Waals surface area contributed by atoms with E-state index in [1.807, 2.05) is 0 Å². The number of carbonyl (C=O) groups is 2. The maximum absolute atomic E-state index is 15.9. The number of nitrogens with zero attached hydrogens (tertiary/aromatic N) is 3. The van der Waals surface area contributed by atoms with Crippen LogP contribution in [0.25, 0.3) is 11.1 Å². The van der Waals surface area contributed by atoms with Crippen molar-refractivity contribution in [3.63, 3.8) is 0 Å². The van der Waals surface area contributed by atoms with Gasteiger partial charge >= 0.3 is 12.1 Å². The fourth-order valence-corrected chi connectivity index (χ4v) is 5.96. The highest BCUT2D eigenvalue weighted by molar-refractivity contribution is 5.82. The molecule has 2 aromatic heterocycles. The number of hydrogen-bond donors (Lipinski definition) is 2. The first kappa shape index (κ1) is 36.6. The summed E-state index contributed by atoms with van der Waals surface area (Å²) in [6, 6.07) is 4.37. The summed E-state index contributed by atoms with van der Waals surface area (Å²) >= 11 is 0. The molecular formula is C36H35F5N4O4. The molecular weight excluding hydrogens is 647 g/mol. The van der Waals surface area contributed by atoms with Gasteiger partial charge in [0.25, 0.3) is 5.56 Å². The minimum absolute atomic E-state index is 0.0262. The van der Waals surface area contributed by atoms with Crippen LogP contribution in [0.5, 0.6) is 0 Å². The molecule has 0 saturated carbocycles. The second-order valence-corrected chi connectivity index (χ2v) is 12.3. The average Bonchev–Trinajstić information content (AvgIpc) is 3.52. The lowest BCUT2D eigenvalue weighted by atomic mass is 9.90. The number of aliphatic carboxylic acids is 1. The van der Waals surface area contributed by atoms with Gasteiger partial charge in [0.05, 0.1) is 23.6 Å². The van der Waals surface area contributed by atoms with Crippen molar-refractivity contribution in [2.75, 3.05) is 0 Å². The van der Waals surface area contributed by atoms with E-state index in [0.29, 0.717) is 28.3 Å². The second kappa shape index (κ2) is 14.9. The Morgan fingerprint density at radius 2 is 1.76 bits per heavy atom. The zero-order chi connectivity index (χ0) is 36.2. The topological polar surface area (TPSA) is 106 Å². The number of nitrogens with one attached hydrogen (secondary N) is 1. The van der Waals surface area contributed by atoms with E-state index >= 15 is 4.39 Å². The van der Waals surface area contributed by atoms with Crippen LogP contribution in [0.15, 0.2) is 59.8 Å². The van der Waals surface area contributed by atoms with Crippen molar-refractivity contribution in [1.82, 2.24) is 19.7 Å². The van der Waals surface area contributed by atoms with Gasteiger partial charge in [0.2, 0.25) is 5.91 Å². The van der Waals surface area contributed by atoms with Crippen molar-refractivity contribution in [1.29, 1.82) is 0 Å². The van der Waals surface area contributed by atoms with Crippen molar-refractivity contribution >= 4 is 11.9 Å². The Labute approximate surface area is 279 Å². The molecule has 2 N–H and O–H groups in total. The molecule has 0 aliphatic rings. The van der Waals surface area contributed by atoms with E-state index in [0.717, 1.165) is 10.8 Å². The van der Waals surface area contributed by atoms with E-state index < -0.39 is 59.3 Å². The van der Waals surface area contributed by atoms with E-state index in [1.54, 1.807) is 40.0 Å². The van der Waals surface area contributed by atoms with Gasteiger partial charge in [-0.15, -0.1) is 6.42 Å². The Kier molecular flexibility index (Phi) is 11.1. The summed E-state index contributed by atoms with van der Waals surface area (Å²) in [5.74, 6) is -1.80. The van der Waals surface area contributed by atoms with Crippen molar-refractivity contribution in [3.05, 3.63) is 110 Å². The number of aromatic nitrogens is 3. The van der Waals surface area contributed by atoms with Crippen LogP contribution in [-0.2, 0) is 28.7 Å². The summed E-state index contributed by atoms with van der Waals surface area (Å²) in [6.07, 6.45) is 3.76. The van der Waals surface area contributed by atoms with Crippen LogP contribution in [0.4, 0.5) is 22.0 Å². The normalized spacial score (nSPS) is 12.8. The molecule has 2 aromatic carbocycles. The standard InChI is InChI=1S/C36H35F5N4O4/c1-6-23-15-25(33-21(4)13-26(37)14-22(33)5)16-27(34(23)38)29(18-32(47)48)43-35(49)30(12-20(2)3)45-19-24(8-11-44-10-7-9-42-44)28(17-31(45)46)36(39,40)41/h1,7,9-10,13-17,19-20,29-30H,8,11-12,18H2,2-5H3,(H,43,49)(H,47,48)/t29-,30+/m0/s1. The van der Waals surface area contributed by atoms with Crippen molar-refractivity contribution in [3.8, 4) is 23.5 Å². The summed E-state index contributed by atoms with van der Waals surface area (Å²) in [5, 5.41) is 16.3. The van der Waals surface area contributed by atoms with E-state index in [-0.39, 0.29) is 42.0 Å². The van der Waals surface area contributed by atoms with E-state index in [2.05, 4.69) is 16.3 Å². The molecule has 0 radical (unpaired) electrons. The number of carboxylic acids is 1. The first-order valence-electron chi connectivity index (χ1n) is 15.4. The number of halogens is 5. The van der Waals surface area contributed by atoms with Gasteiger partial charge < -0.3 is 15.0 Å². The van der Waals surface area contributed by atoms with E-state index in [1.165, 1.54) is 35.1 Å².